The van der Waals surface area contributed by atoms with E-state index in [9.17, 15) is 0 Å². The predicted octanol–water partition coefficient (Wildman–Crippen LogP) is 5.08. The highest BCUT2D eigenvalue weighted by atomic mass is 15.2. The zero-order chi connectivity index (χ0) is 14.7. The van der Waals surface area contributed by atoms with Gasteiger partial charge in [-0.3, -0.25) is 0 Å². The fourth-order valence-corrected chi connectivity index (χ4v) is 4.34. The van der Waals surface area contributed by atoms with Crippen LogP contribution >= 0.6 is 0 Å². The number of hydrogen-bond acceptors (Lipinski definition) is 2. The van der Waals surface area contributed by atoms with E-state index in [1.165, 1.54) is 64.2 Å². The summed E-state index contributed by atoms with van der Waals surface area (Å²) in [5.41, 5.74) is 1.16. The number of nitrogens with zero attached hydrogens (tertiary/aromatic N) is 2. The monoisotopic (exact) mass is 289 g/mol. The molecule has 1 heterocycles. The van der Waals surface area contributed by atoms with E-state index in [0.717, 1.165) is 17.6 Å². The highest BCUT2D eigenvalue weighted by molar-refractivity contribution is 5.31. The second-order valence-electron chi connectivity index (χ2n) is 7.11. The fourth-order valence-electron chi connectivity index (χ4n) is 4.34. The second kappa shape index (κ2) is 6.85. The molecule has 0 spiro atoms. The maximum absolute atomic E-state index is 4.79. The SMILES string of the molecule is CCC(Nc1nc(C)cn1C1CCCC1)C1CCCCC1. The molecule has 1 aromatic heterocycles. The van der Waals surface area contributed by atoms with E-state index in [0.29, 0.717) is 12.1 Å². The number of aryl methyl sites for hydroxylation is 1. The van der Waals surface area contributed by atoms with Crippen LogP contribution in [-0.2, 0) is 0 Å². The van der Waals surface area contributed by atoms with Crippen LogP contribution in [-0.4, -0.2) is 15.6 Å². The van der Waals surface area contributed by atoms with Crippen molar-refractivity contribution in [1.29, 1.82) is 0 Å². The highest BCUT2D eigenvalue weighted by Gasteiger charge is 2.25. The molecule has 3 nitrogen and oxygen atoms in total. The van der Waals surface area contributed by atoms with Gasteiger partial charge in [-0.1, -0.05) is 39.0 Å². The summed E-state index contributed by atoms with van der Waals surface area (Å²) in [7, 11) is 0. The van der Waals surface area contributed by atoms with Gasteiger partial charge in [-0.05, 0) is 44.9 Å². The Bertz CT molecular complexity index is 439. The summed E-state index contributed by atoms with van der Waals surface area (Å²) in [5.74, 6) is 1.98. The van der Waals surface area contributed by atoms with Crippen LogP contribution in [0.3, 0.4) is 0 Å². The Morgan fingerprint density at radius 3 is 2.48 bits per heavy atom. The van der Waals surface area contributed by atoms with Gasteiger partial charge in [0.15, 0.2) is 0 Å². The summed E-state index contributed by atoms with van der Waals surface area (Å²) < 4.78 is 2.44. The van der Waals surface area contributed by atoms with Crippen molar-refractivity contribution in [1.82, 2.24) is 9.55 Å². The van der Waals surface area contributed by atoms with Gasteiger partial charge < -0.3 is 9.88 Å². The second-order valence-corrected chi connectivity index (χ2v) is 7.11. The summed E-state index contributed by atoms with van der Waals surface area (Å²) >= 11 is 0. The summed E-state index contributed by atoms with van der Waals surface area (Å²) in [4.78, 5) is 4.79. The Balaban J connectivity index is 1.72. The van der Waals surface area contributed by atoms with Crippen molar-refractivity contribution in [2.75, 3.05) is 5.32 Å². The zero-order valence-corrected chi connectivity index (χ0v) is 13.8. The molecule has 0 bridgehead atoms. The molecule has 1 unspecified atom stereocenters. The molecule has 2 fully saturated rings. The van der Waals surface area contributed by atoms with E-state index in [-0.39, 0.29) is 0 Å². The lowest BCUT2D eigenvalue weighted by atomic mass is 9.83. The smallest absolute Gasteiger partial charge is 0.203 e. The van der Waals surface area contributed by atoms with Crippen molar-refractivity contribution in [3.63, 3.8) is 0 Å². The van der Waals surface area contributed by atoms with Crippen LogP contribution in [0.2, 0.25) is 0 Å². The Hall–Kier alpha value is -0.990. The lowest BCUT2D eigenvalue weighted by molar-refractivity contribution is 0.311. The van der Waals surface area contributed by atoms with E-state index in [1.807, 2.05) is 0 Å². The van der Waals surface area contributed by atoms with Gasteiger partial charge in [0.05, 0.1) is 5.69 Å². The van der Waals surface area contributed by atoms with Crippen LogP contribution in [0.15, 0.2) is 6.20 Å². The molecule has 2 aliphatic carbocycles. The van der Waals surface area contributed by atoms with Crippen molar-refractivity contribution in [3.8, 4) is 0 Å². The van der Waals surface area contributed by atoms with Gasteiger partial charge in [-0.15, -0.1) is 0 Å². The lowest BCUT2D eigenvalue weighted by Gasteiger charge is -2.31. The average Bonchev–Trinajstić information content (AvgIpc) is 3.15. The van der Waals surface area contributed by atoms with E-state index in [2.05, 4.69) is 29.9 Å². The van der Waals surface area contributed by atoms with Gasteiger partial charge in [0.25, 0.3) is 0 Å². The van der Waals surface area contributed by atoms with Gasteiger partial charge in [-0.25, -0.2) is 4.98 Å². The van der Waals surface area contributed by atoms with Crippen LogP contribution in [0.4, 0.5) is 5.95 Å². The number of imidazole rings is 1. The molecule has 118 valence electrons. The molecule has 1 N–H and O–H groups in total. The van der Waals surface area contributed by atoms with E-state index < -0.39 is 0 Å². The van der Waals surface area contributed by atoms with Gasteiger partial charge in [0.2, 0.25) is 5.95 Å². The quantitative estimate of drug-likeness (QED) is 0.819. The molecule has 21 heavy (non-hydrogen) atoms. The molecule has 3 heteroatoms. The molecule has 0 radical (unpaired) electrons. The third kappa shape index (κ3) is 3.44. The minimum atomic E-state index is 0.604. The highest BCUT2D eigenvalue weighted by Crippen LogP contribution is 2.34. The first-order chi connectivity index (χ1) is 10.3. The van der Waals surface area contributed by atoms with Crippen molar-refractivity contribution in [3.05, 3.63) is 11.9 Å². The van der Waals surface area contributed by atoms with Crippen molar-refractivity contribution in [2.24, 2.45) is 5.92 Å². The Labute approximate surface area is 129 Å². The maximum Gasteiger partial charge on any atom is 0.203 e. The summed E-state index contributed by atoms with van der Waals surface area (Å²) in [5, 5.41) is 3.82. The Kier molecular flexibility index (Phi) is 4.87. The molecule has 0 saturated heterocycles. The Morgan fingerprint density at radius 2 is 1.81 bits per heavy atom. The predicted molar refractivity (Wildman–Crippen MR) is 88.7 cm³/mol. The number of aromatic nitrogens is 2. The molecule has 1 aromatic rings. The minimum absolute atomic E-state index is 0.604. The normalized spacial score (nSPS) is 22.6. The third-order valence-electron chi connectivity index (χ3n) is 5.54. The maximum atomic E-state index is 4.79. The molecule has 1 atom stereocenters. The van der Waals surface area contributed by atoms with E-state index in [4.69, 9.17) is 4.98 Å². The summed E-state index contributed by atoms with van der Waals surface area (Å²) in [6.45, 7) is 4.44. The first-order valence-electron chi connectivity index (χ1n) is 9.10. The molecule has 2 saturated carbocycles. The molecule has 3 rings (SSSR count). The van der Waals surface area contributed by atoms with Crippen LogP contribution in [0.5, 0.6) is 0 Å². The van der Waals surface area contributed by atoms with Crippen molar-refractivity contribution in [2.45, 2.75) is 90.1 Å². The fraction of sp³-hybridized carbons (Fsp3) is 0.833. The van der Waals surface area contributed by atoms with Crippen LogP contribution in [0, 0.1) is 12.8 Å². The number of rotatable bonds is 5. The Morgan fingerprint density at radius 1 is 1.14 bits per heavy atom. The first kappa shape index (κ1) is 14.9. The molecule has 0 aromatic carbocycles. The molecule has 0 amide bonds. The van der Waals surface area contributed by atoms with Gasteiger partial charge in [0.1, 0.15) is 0 Å². The standard InChI is InChI=1S/C18H31N3/c1-3-17(15-9-5-4-6-10-15)20-18-19-14(2)13-21(18)16-11-7-8-12-16/h13,15-17H,3-12H2,1-2H3,(H,19,20). The number of hydrogen-bond donors (Lipinski definition) is 1. The molecule has 2 aliphatic rings. The summed E-state index contributed by atoms with van der Waals surface area (Å²) in [6, 6.07) is 1.28. The van der Waals surface area contributed by atoms with E-state index in [1.54, 1.807) is 0 Å². The van der Waals surface area contributed by atoms with Gasteiger partial charge in [-0.2, -0.15) is 0 Å². The summed E-state index contributed by atoms with van der Waals surface area (Å²) in [6.07, 6.45) is 15.9. The largest absolute Gasteiger partial charge is 0.353 e. The lowest BCUT2D eigenvalue weighted by Crippen LogP contribution is -2.31. The zero-order valence-electron chi connectivity index (χ0n) is 13.8. The molecular weight excluding hydrogens is 258 g/mol. The molecular formula is C18H31N3. The average molecular weight is 289 g/mol. The van der Waals surface area contributed by atoms with Gasteiger partial charge in [0, 0.05) is 18.3 Å². The molecule has 0 aliphatic heterocycles. The van der Waals surface area contributed by atoms with Crippen LogP contribution < -0.4 is 5.32 Å². The van der Waals surface area contributed by atoms with Crippen molar-refractivity contribution < 1.29 is 0 Å². The first-order valence-corrected chi connectivity index (χ1v) is 9.10. The van der Waals surface area contributed by atoms with Crippen LogP contribution in [0.1, 0.15) is 82.9 Å². The topological polar surface area (TPSA) is 29.9 Å². The van der Waals surface area contributed by atoms with Crippen molar-refractivity contribution >= 4 is 5.95 Å². The number of nitrogens with one attached hydrogen (secondary N) is 1. The minimum Gasteiger partial charge on any atom is -0.353 e. The van der Waals surface area contributed by atoms with E-state index >= 15 is 0 Å². The van der Waals surface area contributed by atoms with Crippen LogP contribution in [0.25, 0.3) is 0 Å². The third-order valence-corrected chi connectivity index (χ3v) is 5.54. The number of anilines is 1. The van der Waals surface area contributed by atoms with Gasteiger partial charge >= 0.3 is 0 Å².